The summed E-state index contributed by atoms with van der Waals surface area (Å²) in [5.74, 6) is -0.342. The Morgan fingerprint density at radius 3 is 2.93 bits per heavy atom. The molecule has 1 aromatic carbocycles. The van der Waals surface area contributed by atoms with E-state index in [1.54, 1.807) is 12.3 Å². The Kier molecular flexibility index (Phi) is 2.97. The van der Waals surface area contributed by atoms with Gasteiger partial charge in [0, 0.05) is 11.6 Å². The molecule has 0 radical (unpaired) electrons. The van der Waals surface area contributed by atoms with E-state index in [0.717, 1.165) is 10.9 Å². The molecule has 0 N–H and O–H groups in total. The molecule has 0 saturated carbocycles. The highest BCUT2D eigenvalue weighted by molar-refractivity contribution is 9.09. The molecule has 0 fully saturated rings. The van der Waals surface area contributed by atoms with Crippen LogP contribution in [0.5, 0.6) is 0 Å². The van der Waals surface area contributed by atoms with Crippen LogP contribution in [0.3, 0.4) is 0 Å². The molecule has 0 aliphatic heterocycles. The smallest absolute Gasteiger partial charge is 0.339 e. The minimum atomic E-state index is -0.342. The number of para-hydroxylation sites is 1. The van der Waals surface area contributed by atoms with E-state index in [9.17, 15) is 4.79 Å². The van der Waals surface area contributed by atoms with Crippen LogP contribution in [-0.2, 0) is 4.74 Å². The van der Waals surface area contributed by atoms with Crippen molar-refractivity contribution in [2.45, 2.75) is 0 Å². The number of rotatable bonds is 2. The number of fused-ring (bicyclic) bond motifs is 1. The number of benzene rings is 1. The molecular weight excluding hydrogens is 258 g/mol. The summed E-state index contributed by atoms with van der Waals surface area (Å²) in [5.41, 5.74) is 1.53. The van der Waals surface area contributed by atoms with Crippen LogP contribution in [0.4, 0.5) is 0 Å². The van der Waals surface area contributed by atoms with Gasteiger partial charge in [0.15, 0.2) is 0 Å². The molecule has 0 atom stereocenters. The van der Waals surface area contributed by atoms with Crippen LogP contribution in [0, 0.1) is 0 Å². The zero-order valence-corrected chi connectivity index (χ0v) is 9.40. The van der Waals surface area contributed by atoms with Crippen molar-refractivity contribution in [1.82, 2.24) is 4.98 Å². The first kappa shape index (κ1) is 10.1. The van der Waals surface area contributed by atoms with E-state index in [1.807, 2.05) is 24.3 Å². The van der Waals surface area contributed by atoms with Gasteiger partial charge >= 0.3 is 5.97 Å². The predicted octanol–water partition coefficient (Wildman–Crippen LogP) is 2.74. The fraction of sp³-hybridized carbons (Fsp3) is 0.0909. The Bertz CT molecular complexity index is 493. The maximum atomic E-state index is 11.6. The lowest BCUT2D eigenvalue weighted by Crippen LogP contribution is -2.04. The zero-order chi connectivity index (χ0) is 10.7. The fourth-order valence-corrected chi connectivity index (χ4v) is 1.61. The minimum absolute atomic E-state index is 0.197. The average Bonchev–Trinajstić information content (AvgIpc) is 2.28. The van der Waals surface area contributed by atoms with Gasteiger partial charge in [-0.1, -0.05) is 18.2 Å². The third-order valence-electron chi connectivity index (χ3n) is 2.05. The van der Waals surface area contributed by atoms with Crippen molar-refractivity contribution in [3.05, 3.63) is 42.1 Å². The van der Waals surface area contributed by atoms with E-state index >= 15 is 0 Å². The average molecular weight is 266 g/mol. The Balaban J connectivity index is 2.56. The van der Waals surface area contributed by atoms with Gasteiger partial charge in [-0.05, 0) is 28.1 Å². The van der Waals surface area contributed by atoms with Gasteiger partial charge < -0.3 is 4.74 Å². The lowest BCUT2D eigenvalue weighted by atomic mass is 10.1. The lowest BCUT2D eigenvalue weighted by molar-refractivity contribution is 0.0586. The van der Waals surface area contributed by atoms with Crippen LogP contribution in [0.15, 0.2) is 36.5 Å². The third kappa shape index (κ3) is 1.99. The van der Waals surface area contributed by atoms with E-state index in [-0.39, 0.29) is 11.5 Å². The summed E-state index contributed by atoms with van der Waals surface area (Å²) in [6.45, 7) is 0. The van der Waals surface area contributed by atoms with Crippen LogP contribution in [0.25, 0.3) is 10.9 Å². The quantitative estimate of drug-likeness (QED) is 0.619. The van der Waals surface area contributed by atoms with Gasteiger partial charge in [-0.2, -0.15) is 0 Å². The Labute approximate surface area is 95.2 Å². The van der Waals surface area contributed by atoms with Gasteiger partial charge in [0.05, 0.1) is 11.1 Å². The molecule has 0 amide bonds. The summed E-state index contributed by atoms with van der Waals surface area (Å²) in [6, 6.07) is 9.13. The molecule has 0 spiro atoms. The van der Waals surface area contributed by atoms with E-state index in [0.29, 0.717) is 5.56 Å². The lowest BCUT2D eigenvalue weighted by Gasteiger charge is -2.04. The monoisotopic (exact) mass is 265 g/mol. The molecule has 3 nitrogen and oxygen atoms in total. The molecule has 76 valence electrons. The molecule has 0 saturated heterocycles. The Morgan fingerprint density at radius 1 is 1.33 bits per heavy atom. The second-order valence-electron chi connectivity index (χ2n) is 2.92. The molecule has 0 bridgehead atoms. The summed E-state index contributed by atoms with van der Waals surface area (Å²) in [4.78, 5) is 15.7. The van der Waals surface area contributed by atoms with Crippen molar-refractivity contribution < 1.29 is 9.53 Å². The second-order valence-corrected chi connectivity index (χ2v) is 3.37. The summed E-state index contributed by atoms with van der Waals surface area (Å²) < 4.78 is 4.89. The van der Waals surface area contributed by atoms with Crippen molar-refractivity contribution >= 4 is 32.8 Å². The van der Waals surface area contributed by atoms with Crippen LogP contribution in [0.2, 0.25) is 0 Å². The fourth-order valence-electron chi connectivity index (χ4n) is 1.40. The number of ether oxygens (including phenoxy) is 1. The zero-order valence-electron chi connectivity index (χ0n) is 7.81. The minimum Gasteiger partial charge on any atom is -0.450 e. The normalized spacial score (nSPS) is 10.2. The summed E-state index contributed by atoms with van der Waals surface area (Å²) in [6.07, 6.45) is 1.60. The van der Waals surface area contributed by atoms with Crippen molar-refractivity contribution in [1.29, 1.82) is 0 Å². The van der Waals surface area contributed by atoms with Crippen molar-refractivity contribution in [2.24, 2.45) is 0 Å². The van der Waals surface area contributed by atoms with E-state index < -0.39 is 0 Å². The molecule has 1 aromatic heterocycles. The number of halogens is 1. The van der Waals surface area contributed by atoms with Crippen LogP contribution in [0.1, 0.15) is 10.4 Å². The number of hydrogen-bond donors (Lipinski definition) is 0. The molecule has 2 rings (SSSR count). The number of hydrogen-bond acceptors (Lipinski definition) is 3. The van der Waals surface area contributed by atoms with Crippen molar-refractivity contribution in [2.75, 3.05) is 5.52 Å². The number of carbonyl (C=O) groups excluding carboxylic acids is 1. The molecule has 0 aliphatic rings. The number of alkyl halides is 1. The van der Waals surface area contributed by atoms with Gasteiger partial charge in [-0.25, -0.2) is 4.79 Å². The van der Waals surface area contributed by atoms with Gasteiger partial charge in [0.25, 0.3) is 0 Å². The second kappa shape index (κ2) is 4.40. The van der Waals surface area contributed by atoms with Crippen LogP contribution in [-0.4, -0.2) is 16.5 Å². The molecule has 15 heavy (non-hydrogen) atoms. The number of pyridine rings is 1. The molecule has 2 aromatic rings. The highest BCUT2D eigenvalue weighted by Gasteiger charge is 2.10. The van der Waals surface area contributed by atoms with Crippen LogP contribution >= 0.6 is 15.9 Å². The first-order valence-electron chi connectivity index (χ1n) is 4.40. The van der Waals surface area contributed by atoms with Crippen molar-refractivity contribution in [3.63, 3.8) is 0 Å². The third-order valence-corrected chi connectivity index (χ3v) is 2.28. The SMILES string of the molecule is O=C(OCBr)c1ccnc2ccccc12. The molecular formula is C11H8BrNO2. The van der Waals surface area contributed by atoms with E-state index in [2.05, 4.69) is 20.9 Å². The molecule has 1 heterocycles. The first-order chi connectivity index (χ1) is 7.33. The van der Waals surface area contributed by atoms with Gasteiger partial charge in [-0.3, -0.25) is 4.98 Å². The van der Waals surface area contributed by atoms with E-state index in [1.165, 1.54) is 0 Å². The number of aromatic nitrogens is 1. The van der Waals surface area contributed by atoms with Gasteiger partial charge in [-0.15, -0.1) is 0 Å². The maximum absolute atomic E-state index is 11.6. The Hall–Kier alpha value is -1.42. The highest BCUT2D eigenvalue weighted by atomic mass is 79.9. The summed E-state index contributed by atoms with van der Waals surface area (Å²) in [7, 11) is 0. The highest BCUT2D eigenvalue weighted by Crippen LogP contribution is 2.16. The number of carbonyl (C=O) groups is 1. The van der Waals surface area contributed by atoms with Crippen LogP contribution < -0.4 is 0 Å². The summed E-state index contributed by atoms with van der Waals surface area (Å²) in [5, 5.41) is 0.811. The first-order valence-corrected chi connectivity index (χ1v) is 5.52. The number of nitrogens with zero attached hydrogens (tertiary/aromatic N) is 1. The maximum Gasteiger partial charge on any atom is 0.339 e. The van der Waals surface area contributed by atoms with Crippen molar-refractivity contribution in [3.8, 4) is 0 Å². The predicted molar refractivity (Wildman–Crippen MR) is 61.0 cm³/mol. The largest absolute Gasteiger partial charge is 0.450 e. The molecule has 0 unspecified atom stereocenters. The topological polar surface area (TPSA) is 39.2 Å². The Morgan fingerprint density at radius 2 is 2.13 bits per heavy atom. The number of esters is 1. The molecule has 0 aliphatic carbocycles. The van der Waals surface area contributed by atoms with Gasteiger partial charge in [0.1, 0.15) is 5.52 Å². The van der Waals surface area contributed by atoms with Gasteiger partial charge in [0.2, 0.25) is 0 Å². The van der Waals surface area contributed by atoms with E-state index in [4.69, 9.17) is 4.74 Å². The molecule has 4 heteroatoms. The summed E-state index contributed by atoms with van der Waals surface area (Å²) >= 11 is 3.05. The standard InChI is InChI=1S/C11H8BrNO2/c12-7-15-11(14)9-5-6-13-10-4-2-1-3-8(9)10/h1-6H,7H2.